The average molecular weight is 317 g/mol. The molecule has 0 aromatic heterocycles. The van der Waals surface area contributed by atoms with Crippen molar-refractivity contribution >= 4 is 23.2 Å². The molecule has 1 aliphatic heterocycles. The first-order chi connectivity index (χ1) is 11.0. The summed E-state index contributed by atoms with van der Waals surface area (Å²) in [6, 6.07) is 5.99. The smallest absolute Gasteiger partial charge is 0.277 e. The second-order valence-corrected chi connectivity index (χ2v) is 5.39. The van der Waals surface area contributed by atoms with Crippen LogP contribution in [0.5, 0.6) is 0 Å². The van der Waals surface area contributed by atoms with E-state index < -0.39 is 11.8 Å². The van der Waals surface area contributed by atoms with Gasteiger partial charge in [-0.3, -0.25) is 14.5 Å². The molecule has 2 rings (SSSR count). The fourth-order valence-electron chi connectivity index (χ4n) is 2.65. The lowest BCUT2D eigenvalue weighted by Crippen LogP contribution is -2.34. The number of aliphatic hydroxyl groups excluding tert-OH is 1. The number of rotatable bonds is 7. The number of aryl methyl sites for hydroxylation is 1. The first-order valence-electron chi connectivity index (χ1n) is 7.82. The minimum atomic E-state index is -0.406. The number of amides is 2. The fraction of sp³-hybridized carbons (Fsp3) is 0.412. The summed E-state index contributed by atoms with van der Waals surface area (Å²) in [4.78, 5) is 27.3. The fourth-order valence-corrected chi connectivity index (χ4v) is 2.65. The Hall–Kier alpha value is -2.34. The molecule has 0 radical (unpaired) electrons. The largest absolute Gasteiger partial charge is 0.395 e. The molecule has 6 heteroatoms. The predicted molar refractivity (Wildman–Crippen MR) is 90.3 cm³/mol. The van der Waals surface area contributed by atoms with Crippen LogP contribution in [0, 0.1) is 6.92 Å². The summed E-state index contributed by atoms with van der Waals surface area (Å²) in [6.07, 6.45) is 1.28. The van der Waals surface area contributed by atoms with Crippen molar-refractivity contribution in [1.82, 2.24) is 4.90 Å². The first kappa shape index (κ1) is 17.0. The molecule has 0 atom stereocenters. The molecule has 1 aliphatic rings. The highest BCUT2D eigenvalue weighted by Crippen LogP contribution is 2.29. The van der Waals surface area contributed by atoms with E-state index in [1.807, 2.05) is 25.1 Å². The zero-order valence-corrected chi connectivity index (χ0v) is 13.8. The SMILES string of the molecule is CCN(CC)c1ccc(C)cc1NC1=CC(=O)N(CCO)C1=O. The quantitative estimate of drug-likeness (QED) is 0.746. The van der Waals surface area contributed by atoms with Gasteiger partial charge in [-0.2, -0.15) is 0 Å². The standard InChI is InChI=1S/C17H23N3O3/c1-4-19(5-2)15-7-6-12(3)10-13(15)18-14-11-16(22)20(8-9-21)17(14)23/h6-7,10-11,18,21H,4-5,8-9H2,1-3H3. The van der Waals surface area contributed by atoms with Crippen LogP contribution < -0.4 is 10.2 Å². The van der Waals surface area contributed by atoms with Gasteiger partial charge in [0.25, 0.3) is 11.8 Å². The average Bonchev–Trinajstić information content (AvgIpc) is 2.78. The van der Waals surface area contributed by atoms with Gasteiger partial charge >= 0.3 is 0 Å². The topological polar surface area (TPSA) is 72.9 Å². The molecular formula is C17H23N3O3. The van der Waals surface area contributed by atoms with Gasteiger partial charge in [0.15, 0.2) is 0 Å². The van der Waals surface area contributed by atoms with Crippen LogP contribution in [0.1, 0.15) is 19.4 Å². The lowest BCUT2D eigenvalue weighted by atomic mass is 10.1. The Labute approximate surface area is 136 Å². The van der Waals surface area contributed by atoms with Gasteiger partial charge in [0.1, 0.15) is 5.70 Å². The number of carbonyl (C=O) groups is 2. The summed E-state index contributed by atoms with van der Waals surface area (Å²) >= 11 is 0. The van der Waals surface area contributed by atoms with Gasteiger partial charge in [0, 0.05) is 19.2 Å². The van der Waals surface area contributed by atoms with Crippen molar-refractivity contribution < 1.29 is 14.7 Å². The van der Waals surface area contributed by atoms with Crippen LogP contribution >= 0.6 is 0 Å². The summed E-state index contributed by atoms with van der Waals surface area (Å²) in [6.45, 7) is 7.57. The number of carbonyl (C=O) groups excluding carboxylic acids is 2. The molecule has 1 aromatic carbocycles. The van der Waals surface area contributed by atoms with Gasteiger partial charge in [-0.05, 0) is 38.5 Å². The van der Waals surface area contributed by atoms with Crippen LogP contribution in [0.15, 0.2) is 30.0 Å². The van der Waals surface area contributed by atoms with E-state index in [-0.39, 0.29) is 18.8 Å². The van der Waals surface area contributed by atoms with Crippen molar-refractivity contribution in [3.63, 3.8) is 0 Å². The van der Waals surface area contributed by atoms with Crippen molar-refractivity contribution in [3.8, 4) is 0 Å². The minimum Gasteiger partial charge on any atom is -0.395 e. The van der Waals surface area contributed by atoms with Gasteiger partial charge < -0.3 is 15.3 Å². The molecule has 0 saturated carbocycles. The number of imide groups is 1. The maximum atomic E-state index is 12.3. The maximum absolute atomic E-state index is 12.3. The maximum Gasteiger partial charge on any atom is 0.277 e. The summed E-state index contributed by atoms with van der Waals surface area (Å²) in [5, 5.41) is 12.1. The molecule has 1 heterocycles. The van der Waals surface area contributed by atoms with Crippen LogP contribution in [0.3, 0.4) is 0 Å². The molecule has 124 valence electrons. The third kappa shape index (κ3) is 3.53. The van der Waals surface area contributed by atoms with E-state index in [0.717, 1.165) is 34.9 Å². The molecular weight excluding hydrogens is 294 g/mol. The summed E-state index contributed by atoms with van der Waals surface area (Å²) in [7, 11) is 0. The van der Waals surface area contributed by atoms with Crippen LogP contribution in [0.25, 0.3) is 0 Å². The summed E-state index contributed by atoms with van der Waals surface area (Å²) < 4.78 is 0. The Morgan fingerprint density at radius 3 is 2.52 bits per heavy atom. The highest BCUT2D eigenvalue weighted by Gasteiger charge is 2.31. The molecule has 2 amide bonds. The molecule has 0 bridgehead atoms. The Morgan fingerprint density at radius 1 is 1.22 bits per heavy atom. The molecule has 1 aromatic rings. The van der Waals surface area contributed by atoms with Gasteiger partial charge in [-0.25, -0.2) is 0 Å². The van der Waals surface area contributed by atoms with E-state index in [9.17, 15) is 9.59 Å². The van der Waals surface area contributed by atoms with E-state index >= 15 is 0 Å². The van der Waals surface area contributed by atoms with Crippen molar-refractivity contribution in [2.75, 3.05) is 36.5 Å². The number of anilines is 2. The lowest BCUT2D eigenvalue weighted by molar-refractivity contribution is -0.137. The molecule has 0 saturated heterocycles. The number of hydrogen-bond acceptors (Lipinski definition) is 5. The van der Waals surface area contributed by atoms with Gasteiger partial charge in [0.05, 0.1) is 24.5 Å². The van der Waals surface area contributed by atoms with Crippen molar-refractivity contribution in [1.29, 1.82) is 0 Å². The van der Waals surface area contributed by atoms with Crippen molar-refractivity contribution in [2.24, 2.45) is 0 Å². The zero-order valence-electron chi connectivity index (χ0n) is 13.8. The molecule has 23 heavy (non-hydrogen) atoms. The minimum absolute atomic E-state index is 0.00999. The first-order valence-corrected chi connectivity index (χ1v) is 7.82. The third-order valence-corrected chi connectivity index (χ3v) is 3.86. The molecule has 0 aliphatic carbocycles. The lowest BCUT2D eigenvalue weighted by Gasteiger charge is -2.25. The number of nitrogens with zero attached hydrogens (tertiary/aromatic N) is 2. The second kappa shape index (κ2) is 7.28. The van der Waals surface area contributed by atoms with E-state index in [1.54, 1.807) is 0 Å². The van der Waals surface area contributed by atoms with Crippen LogP contribution in [0.2, 0.25) is 0 Å². The monoisotopic (exact) mass is 317 g/mol. The van der Waals surface area contributed by atoms with E-state index in [2.05, 4.69) is 24.1 Å². The summed E-state index contributed by atoms with van der Waals surface area (Å²) in [5.74, 6) is -0.806. The van der Waals surface area contributed by atoms with Crippen LogP contribution in [-0.4, -0.2) is 48.1 Å². The molecule has 0 spiro atoms. The number of nitrogens with one attached hydrogen (secondary N) is 1. The molecule has 0 fully saturated rings. The zero-order chi connectivity index (χ0) is 17.0. The van der Waals surface area contributed by atoms with Crippen molar-refractivity contribution in [3.05, 3.63) is 35.5 Å². The van der Waals surface area contributed by atoms with E-state index in [1.165, 1.54) is 6.08 Å². The number of β-amino-alcohol motifs (C(OH)–C–C–N with tert-alkyl or cyclic N) is 1. The molecule has 0 unspecified atom stereocenters. The third-order valence-electron chi connectivity index (χ3n) is 3.86. The van der Waals surface area contributed by atoms with Crippen molar-refractivity contribution in [2.45, 2.75) is 20.8 Å². The molecule has 2 N–H and O–H groups in total. The number of hydrogen-bond donors (Lipinski definition) is 2. The summed E-state index contributed by atoms with van der Waals surface area (Å²) in [5.41, 5.74) is 3.09. The normalized spacial score (nSPS) is 14.3. The Bertz CT molecular complexity index is 636. The highest BCUT2D eigenvalue weighted by atomic mass is 16.3. The van der Waals surface area contributed by atoms with E-state index in [0.29, 0.717) is 0 Å². The van der Waals surface area contributed by atoms with Crippen LogP contribution in [-0.2, 0) is 9.59 Å². The number of benzene rings is 1. The Kier molecular flexibility index (Phi) is 5.39. The Balaban J connectivity index is 2.30. The van der Waals surface area contributed by atoms with Crippen LogP contribution in [0.4, 0.5) is 11.4 Å². The number of aliphatic hydroxyl groups is 1. The predicted octanol–water partition coefficient (Wildman–Crippen LogP) is 1.50. The van der Waals surface area contributed by atoms with Gasteiger partial charge in [-0.15, -0.1) is 0 Å². The second-order valence-electron chi connectivity index (χ2n) is 5.39. The van der Waals surface area contributed by atoms with E-state index in [4.69, 9.17) is 5.11 Å². The highest BCUT2D eigenvalue weighted by molar-refractivity contribution is 6.17. The Morgan fingerprint density at radius 2 is 1.91 bits per heavy atom. The van der Waals surface area contributed by atoms with Gasteiger partial charge in [-0.1, -0.05) is 6.07 Å². The molecule has 6 nitrogen and oxygen atoms in total. The van der Waals surface area contributed by atoms with Gasteiger partial charge in [0.2, 0.25) is 0 Å².